The maximum absolute atomic E-state index is 9.50. The van der Waals surface area contributed by atoms with E-state index >= 15 is 0 Å². The molecule has 2 nitrogen and oxygen atoms in total. The molecule has 0 aromatic carbocycles. The molecular weight excluding hydrogens is 128 g/mol. The minimum absolute atomic E-state index is 0.204. The zero-order valence-corrected chi connectivity index (χ0v) is 7.13. The van der Waals surface area contributed by atoms with Gasteiger partial charge in [0.2, 0.25) is 0 Å². The zero-order chi connectivity index (χ0) is 8.57. The second-order valence-corrected chi connectivity index (χ2v) is 2.76. The maximum atomic E-state index is 9.50. The Hall–Kier alpha value is -0.660. The molecule has 0 saturated carbocycles. The Labute approximate surface area is 62.6 Å². The highest BCUT2D eigenvalue weighted by molar-refractivity contribution is 5.52. The molecule has 0 bridgehead atoms. The molecule has 0 atom stereocenters. The van der Waals surface area contributed by atoms with Crippen molar-refractivity contribution in [2.75, 3.05) is 0 Å². The molecule has 0 aromatic rings. The summed E-state index contributed by atoms with van der Waals surface area (Å²) in [4.78, 5) is 19.0. The Balaban J connectivity index is 0. The molecule has 0 amide bonds. The van der Waals surface area contributed by atoms with Gasteiger partial charge in [-0.05, 0) is 0 Å². The first-order chi connectivity index (χ1) is 4.54. The summed E-state index contributed by atoms with van der Waals surface area (Å²) in [7, 11) is 0. The van der Waals surface area contributed by atoms with Crippen molar-refractivity contribution in [3.05, 3.63) is 0 Å². The molecule has 2 heteroatoms. The summed E-state index contributed by atoms with van der Waals surface area (Å²) >= 11 is 0. The van der Waals surface area contributed by atoms with Gasteiger partial charge in [0.05, 0.1) is 0 Å². The molecular formula is C8H16O2. The van der Waals surface area contributed by atoms with Crippen LogP contribution in [-0.2, 0) is 9.59 Å². The predicted octanol–water partition coefficient (Wildman–Crippen LogP) is 1.68. The van der Waals surface area contributed by atoms with E-state index in [9.17, 15) is 9.59 Å². The number of carbonyl (C=O) groups is 2. The van der Waals surface area contributed by atoms with E-state index in [4.69, 9.17) is 0 Å². The average molecular weight is 144 g/mol. The Morgan fingerprint density at radius 1 is 0.800 bits per heavy atom. The molecule has 0 unspecified atom stereocenters. The van der Waals surface area contributed by atoms with Crippen molar-refractivity contribution in [2.45, 2.75) is 27.7 Å². The van der Waals surface area contributed by atoms with Crippen LogP contribution in [-0.4, -0.2) is 12.6 Å². The summed E-state index contributed by atoms with van der Waals surface area (Å²) in [5.41, 5.74) is 0. The van der Waals surface area contributed by atoms with Crippen molar-refractivity contribution >= 4 is 12.6 Å². The molecule has 0 spiro atoms. The van der Waals surface area contributed by atoms with Crippen molar-refractivity contribution in [3.8, 4) is 0 Å². The van der Waals surface area contributed by atoms with E-state index < -0.39 is 0 Å². The number of hydrogen-bond acceptors (Lipinski definition) is 2. The molecule has 0 aromatic heterocycles. The van der Waals surface area contributed by atoms with Gasteiger partial charge < -0.3 is 9.59 Å². The second kappa shape index (κ2) is 8.34. The van der Waals surface area contributed by atoms with Crippen molar-refractivity contribution in [2.24, 2.45) is 11.8 Å². The highest BCUT2D eigenvalue weighted by atomic mass is 16.1. The summed E-state index contributed by atoms with van der Waals surface area (Å²) in [5, 5.41) is 0. The molecule has 0 N–H and O–H groups in total. The number of aldehydes is 2. The third-order valence-electron chi connectivity index (χ3n) is 0.544. The Bertz CT molecular complexity index is 73.3. The molecule has 0 aliphatic heterocycles. The van der Waals surface area contributed by atoms with Crippen LogP contribution in [0.3, 0.4) is 0 Å². The fraction of sp³-hybridized carbons (Fsp3) is 0.750. The van der Waals surface area contributed by atoms with E-state index in [0.29, 0.717) is 0 Å². The van der Waals surface area contributed by atoms with Gasteiger partial charge in [-0.1, -0.05) is 27.7 Å². The summed E-state index contributed by atoms with van der Waals surface area (Å²) in [6.07, 6.45) is 1.83. The van der Waals surface area contributed by atoms with Crippen LogP contribution in [0.25, 0.3) is 0 Å². The fourth-order valence-corrected chi connectivity index (χ4v) is 0. The first-order valence-corrected chi connectivity index (χ1v) is 3.45. The van der Waals surface area contributed by atoms with Gasteiger partial charge in [-0.2, -0.15) is 0 Å². The van der Waals surface area contributed by atoms with Crippen LogP contribution in [0.2, 0.25) is 0 Å². The summed E-state index contributed by atoms with van der Waals surface area (Å²) in [5.74, 6) is 0.407. The van der Waals surface area contributed by atoms with Gasteiger partial charge in [-0.3, -0.25) is 0 Å². The van der Waals surface area contributed by atoms with E-state index in [1.807, 2.05) is 27.7 Å². The largest absolute Gasteiger partial charge is 0.303 e. The molecule has 10 heavy (non-hydrogen) atoms. The summed E-state index contributed by atoms with van der Waals surface area (Å²) < 4.78 is 0. The molecule has 0 fully saturated rings. The Kier molecular flexibility index (Phi) is 10.1. The molecule has 0 aliphatic rings. The summed E-state index contributed by atoms with van der Waals surface area (Å²) in [6, 6.07) is 0. The fourth-order valence-electron chi connectivity index (χ4n) is 0. The molecule has 60 valence electrons. The molecule has 0 rings (SSSR count). The highest BCUT2D eigenvalue weighted by Gasteiger charge is 1.80. The Morgan fingerprint density at radius 2 is 0.900 bits per heavy atom. The topological polar surface area (TPSA) is 34.1 Å². The predicted molar refractivity (Wildman–Crippen MR) is 41.8 cm³/mol. The van der Waals surface area contributed by atoms with Crippen LogP contribution < -0.4 is 0 Å². The second-order valence-electron chi connectivity index (χ2n) is 2.76. The molecule has 0 heterocycles. The van der Waals surface area contributed by atoms with Crippen LogP contribution in [0.4, 0.5) is 0 Å². The van der Waals surface area contributed by atoms with Gasteiger partial charge in [0.25, 0.3) is 0 Å². The van der Waals surface area contributed by atoms with Crippen molar-refractivity contribution in [3.63, 3.8) is 0 Å². The maximum Gasteiger partial charge on any atom is 0.122 e. The highest BCUT2D eigenvalue weighted by Crippen LogP contribution is 1.78. The van der Waals surface area contributed by atoms with Gasteiger partial charge >= 0.3 is 0 Å². The first-order valence-electron chi connectivity index (χ1n) is 3.45. The van der Waals surface area contributed by atoms with Crippen molar-refractivity contribution in [1.29, 1.82) is 0 Å². The standard InChI is InChI=1S/2C4H8O/c2*1-4(2)3-5/h2*3-4H,1-2H3. The van der Waals surface area contributed by atoms with Gasteiger partial charge in [-0.15, -0.1) is 0 Å². The number of hydrogen-bond donors (Lipinski definition) is 0. The lowest BCUT2D eigenvalue weighted by molar-refractivity contribution is -0.110. The summed E-state index contributed by atoms with van der Waals surface area (Å²) in [6.45, 7) is 7.42. The van der Waals surface area contributed by atoms with Gasteiger partial charge in [0.15, 0.2) is 0 Å². The zero-order valence-electron chi connectivity index (χ0n) is 7.13. The van der Waals surface area contributed by atoms with E-state index in [1.165, 1.54) is 0 Å². The van der Waals surface area contributed by atoms with Crippen LogP contribution in [0.1, 0.15) is 27.7 Å². The van der Waals surface area contributed by atoms with E-state index in [-0.39, 0.29) is 11.8 Å². The monoisotopic (exact) mass is 144 g/mol. The number of rotatable bonds is 2. The third-order valence-corrected chi connectivity index (χ3v) is 0.544. The normalized spacial score (nSPS) is 8.60. The van der Waals surface area contributed by atoms with Crippen LogP contribution >= 0.6 is 0 Å². The van der Waals surface area contributed by atoms with E-state index in [2.05, 4.69) is 0 Å². The van der Waals surface area contributed by atoms with E-state index in [0.717, 1.165) is 12.6 Å². The quantitative estimate of drug-likeness (QED) is 0.552. The van der Waals surface area contributed by atoms with Crippen LogP contribution in [0.15, 0.2) is 0 Å². The lowest BCUT2D eigenvalue weighted by Crippen LogP contribution is -1.82. The lowest BCUT2D eigenvalue weighted by Gasteiger charge is -1.78. The molecule has 0 radical (unpaired) electrons. The molecule has 0 aliphatic carbocycles. The SMILES string of the molecule is CC(C)C=O.CC(C)C=O. The van der Waals surface area contributed by atoms with Crippen molar-refractivity contribution < 1.29 is 9.59 Å². The molecule has 0 saturated heterocycles. The lowest BCUT2D eigenvalue weighted by atomic mass is 10.3. The number of carbonyl (C=O) groups excluding carboxylic acids is 2. The smallest absolute Gasteiger partial charge is 0.122 e. The minimum Gasteiger partial charge on any atom is -0.303 e. The van der Waals surface area contributed by atoms with Crippen LogP contribution in [0, 0.1) is 11.8 Å². The van der Waals surface area contributed by atoms with Gasteiger partial charge in [0.1, 0.15) is 12.6 Å². The van der Waals surface area contributed by atoms with Crippen LogP contribution in [0.5, 0.6) is 0 Å². The third kappa shape index (κ3) is 26.4. The minimum atomic E-state index is 0.204. The van der Waals surface area contributed by atoms with E-state index in [1.54, 1.807) is 0 Å². The first kappa shape index (κ1) is 12.1. The Morgan fingerprint density at radius 3 is 0.900 bits per heavy atom. The average Bonchev–Trinajstić information content (AvgIpc) is 1.89. The van der Waals surface area contributed by atoms with Crippen molar-refractivity contribution in [1.82, 2.24) is 0 Å². The van der Waals surface area contributed by atoms with Gasteiger partial charge in [-0.25, -0.2) is 0 Å². The van der Waals surface area contributed by atoms with Gasteiger partial charge in [0, 0.05) is 11.8 Å².